The van der Waals surface area contributed by atoms with Crippen molar-refractivity contribution in [2.45, 2.75) is 25.9 Å². The predicted molar refractivity (Wildman–Crippen MR) is 87.1 cm³/mol. The number of rotatable bonds is 5. The molecule has 0 heterocycles. The van der Waals surface area contributed by atoms with Crippen LogP contribution in [0.25, 0.3) is 0 Å². The van der Waals surface area contributed by atoms with Crippen molar-refractivity contribution < 1.29 is 8.78 Å². The maximum Gasteiger partial charge on any atom is 0.163 e. The highest BCUT2D eigenvalue weighted by atomic mass is 19.2. The van der Waals surface area contributed by atoms with Gasteiger partial charge >= 0.3 is 0 Å². The molecule has 4 heteroatoms. The lowest BCUT2D eigenvalue weighted by Crippen LogP contribution is -2.25. The van der Waals surface area contributed by atoms with Gasteiger partial charge in [-0.15, -0.1) is 0 Å². The second-order valence-electron chi connectivity index (χ2n) is 5.71. The molecule has 0 aliphatic heterocycles. The van der Waals surface area contributed by atoms with Crippen molar-refractivity contribution in [3.63, 3.8) is 0 Å². The van der Waals surface area contributed by atoms with Crippen LogP contribution in [-0.2, 0) is 0 Å². The lowest BCUT2D eigenvalue weighted by atomic mass is 10.0. The van der Waals surface area contributed by atoms with Crippen LogP contribution in [0.15, 0.2) is 42.5 Å². The van der Waals surface area contributed by atoms with Crippen LogP contribution < -0.4 is 10.2 Å². The zero-order chi connectivity index (χ0) is 16.3. The summed E-state index contributed by atoms with van der Waals surface area (Å²) in [4.78, 5) is 2.04. The Kier molecular flexibility index (Phi) is 5.14. The SMILES string of the molecule is C[C@H](N[C@H](C)c1ccccc1N(C)C)c1cccc(F)c1F. The molecule has 0 saturated carbocycles. The second kappa shape index (κ2) is 6.88. The van der Waals surface area contributed by atoms with Gasteiger partial charge in [0.15, 0.2) is 11.6 Å². The molecule has 2 aromatic carbocycles. The first-order valence-electron chi connectivity index (χ1n) is 7.38. The van der Waals surface area contributed by atoms with Gasteiger partial charge in [-0.1, -0.05) is 30.3 Å². The Morgan fingerprint density at radius 2 is 1.45 bits per heavy atom. The summed E-state index contributed by atoms with van der Waals surface area (Å²) >= 11 is 0. The molecule has 0 saturated heterocycles. The smallest absolute Gasteiger partial charge is 0.163 e. The van der Waals surface area contributed by atoms with Crippen molar-refractivity contribution in [3.8, 4) is 0 Å². The average molecular weight is 304 g/mol. The van der Waals surface area contributed by atoms with Gasteiger partial charge in [-0.3, -0.25) is 0 Å². The Hall–Kier alpha value is -1.94. The Bertz CT molecular complexity index is 641. The molecule has 2 aromatic rings. The van der Waals surface area contributed by atoms with Gasteiger partial charge in [0, 0.05) is 37.4 Å². The number of para-hydroxylation sites is 1. The van der Waals surface area contributed by atoms with Crippen LogP contribution in [-0.4, -0.2) is 14.1 Å². The summed E-state index contributed by atoms with van der Waals surface area (Å²) in [6.45, 7) is 3.86. The molecular formula is C18H22F2N2. The van der Waals surface area contributed by atoms with Gasteiger partial charge < -0.3 is 10.2 Å². The summed E-state index contributed by atoms with van der Waals surface area (Å²) in [7, 11) is 3.97. The molecule has 2 rings (SSSR count). The Morgan fingerprint density at radius 3 is 2.14 bits per heavy atom. The van der Waals surface area contributed by atoms with Crippen molar-refractivity contribution >= 4 is 5.69 Å². The Balaban J connectivity index is 2.22. The van der Waals surface area contributed by atoms with E-state index in [1.807, 2.05) is 57.1 Å². The van der Waals surface area contributed by atoms with Crippen molar-refractivity contribution in [1.29, 1.82) is 0 Å². The molecule has 0 spiro atoms. The lowest BCUT2D eigenvalue weighted by molar-refractivity contribution is 0.449. The first-order valence-corrected chi connectivity index (χ1v) is 7.38. The molecule has 2 atom stereocenters. The number of benzene rings is 2. The van der Waals surface area contributed by atoms with E-state index in [0.29, 0.717) is 5.56 Å². The molecule has 118 valence electrons. The van der Waals surface area contributed by atoms with E-state index in [0.717, 1.165) is 17.3 Å². The standard InChI is InChI=1S/C18H22F2N2/c1-12(14-8-5-6-11-17(14)22(3)4)21-13(2)15-9-7-10-16(19)18(15)20/h5-13,21H,1-4H3/t12-,13+/m1/s1. The van der Waals surface area contributed by atoms with E-state index >= 15 is 0 Å². The molecule has 0 radical (unpaired) electrons. The average Bonchev–Trinajstić information content (AvgIpc) is 2.49. The fourth-order valence-corrected chi connectivity index (χ4v) is 2.67. The zero-order valence-corrected chi connectivity index (χ0v) is 13.4. The first kappa shape index (κ1) is 16.4. The molecule has 1 N–H and O–H groups in total. The minimum atomic E-state index is -0.813. The van der Waals surface area contributed by atoms with Crippen LogP contribution in [0.3, 0.4) is 0 Å². The molecule has 22 heavy (non-hydrogen) atoms. The summed E-state index contributed by atoms with van der Waals surface area (Å²) in [5.41, 5.74) is 2.57. The highest BCUT2D eigenvalue weighted by molar-refractivity contribution is 5.53. The fourth-order valence-electron chi connectivity index (χ4n) is 2.67. The molecule has 0 aliphatic carbocycles. The van der Waals surface area contributed by atoms with Crippen LogP contribution in [0.1, 0.15) is 37.1 Å². The van der Waals surface area contributed by atoms with Crippen molar-refractivity contribution in [2.75, 3.05) is 19.0 Å². The van der Waals surface area contributed by atoms with Crippen LogP contribution >= 0.6 is 0 Å². The number of nitrogens with one attached hydrogen (secondary N) is 1. The summed E-state index contributed by atoms with van der Waals surface area (Å²) < 4.78 is 27.2. The second-order valence-corrected chi connectivity index (χ2v) is 5.71. The number of hydrogen-bond acceptors (Lipinski definition) is 2. The van der Waals surface area contributed by atoms with Crippen LogP contribution in [0, 0.1) is 11.6 Å². The minimum Gasteiger partial charge on any atom is -0.377 e. The van der Waals surface area contributed by atoms with Gasteiger partial charge in [-0.2, -0.15) is 0 Å². The molecule has 0 unspecified atom stereocenters. The molecule has 0 aliphatic rings. The van der Waals surface area contributed by atoms with E-state index in [-0.39, 0.29) is 12.1 Å². The van der Waals surface area contributed by atoms with E-state index in [2.05, 4.69) is 5.32 Å². The molecule has 0 fully saturated rings. The van der Waals surface area contributed by atoms with Crippen molar-refractivity contribution in [2.24, 2.45) is 0 Å². The number of anilines is 1. The summed E-state index contributed by atoms with van der Waals surface area (Å²) in [5.74, 6) is -1.59. The number of halogens is 2. The minimum absolute atomic E-state index is 0.0104. The quantitative estimate of drug-likeness (QED) is 0.878. The molecule has 2 nitrogen and oxygen atoms in total. The van der Waals surface area contributed by atoms with Gasteiger partial charge in [-0.05, 0) is 31.5 Å². The largest absolute Gasteiger partial charge is 0.377 e. The number of nitrogens with zero attached hydrogens (tertiary/aromatic N) is 1. The Morgan fingerprint density at radius 1 is 0.864 bits per heavy atom. The number of hydrogen-bond donors (Lipinski definition) is 1. The zero-order valence-electron chi connectivity index (χ0n) is 13.4. The fraction of sp³-hybridized carbons (Fsp3) is 0.333. The van der Waals surface area contributed by atoms with Crippen LogP contribution in [0.5, 0.6) is 0 Å². The van der Waals surface area contributed by atoms with Gasteiger partial charge in [-0.25, -0.2) is 8.78 Å². The van der Waals surface area contributed by atoms with E-state index in [1.54, 1.807) is 6.07 Å². The molecule has 0 bridgehead atoms. The van der Waals surface area contributed by atoms with E-state index in [9.17, 15) is 8.78 Å². The highest BCUT2D eigenvalue weighted by Crippen LogP contribution is 2.28. The topological polar surface area (TPSA) is 15.3 Å². The van der Waals surface area contributed by atoms with Gasteiger partial charge in [0.1, 0.15) is 0 Å². The van der Waals surface area contributed by atoms with Crippen LogP contribution in [0.4, 0.5) is 14.5 Å². The molecule has 0 amide bonds. The van der Waals surface area contributed by atoms with E-state index < -0.39 is 11.6 Å². The highest BCUT2D eigenvalue weighted by Gasteiger charge is 2.18. The van der Waals surface area contributed by atoms with Gasteiger partial charge in [0.25, 0.3) is 0 Å². The van der Waals surface area contributed by atoms with Gasteiger partial charge in [0.05, 0.1) is 0 Å². The molecule has 0 aromatic heterocycles. The summed E-state index contributed by atoms with van der Waals surface area (Å²) in [6.07, 6.45) is 0. The summed E-state index contributed by atoms with van der Waals surface area (Å²) in [6, 6.07) is 12.1. The third-order valence-corrected chi connectivity index (χ3v) is 3.83. The van der Waals surface area contributed by atoms with Crippen molar-refractivity contribution in [1.82, 2.24) is 5.32 Å². The maximum absolute atomic E-state index is 13.9. The Labute approximate surface area is 130 Å². The monoisotopic (exact) mass is 304 g/mol. The summed E-state index contributed by atoms with van der Waals surface area (Å²) in [5, 5.41) is 3.34. The van der Waals surface area contributed by atoms with Gasteiger partial charge in [0.2, 0.25) is 0 Å². The predicted octanol–water partition coefficient (Wildman–Crippen LogP) is 4.44. The first-order chi connectivity index (χ1) is 10.4. The molecular weight excluding hydrogens is 282 g/mol. The maximum atomic E-state index is 13.9. The third-order valence-electron chi connectivity index (χ3n) is 3.83. The van der Waals surface area contributed by atoms with E-state index in [4.69, 9.17) is 0 Å². The lowest BCUT2D eigenvalue weighted by Gasteiger charge is -2.25. The normalized spacial score (nSPS) is 13.7. The third kappa shape index (κ3) is 3.45. The van der Waals surface area contributed by atoms with Crippen molar-refractivity contribution in [3.05, 3.63) is 65.2 Å². The van der Waals surface area contributed by atoms with E-state index in [1.165, 1.54) is 6.07 Å². The van der Waals surface area contributed by atoms with Crippen LogP contribution in [0.2, 0.25) is 0 Å².